The highest BCUT2D eigenvalue weighted by Crippen LogP contribution is 2.38. The molecule has 6 heteroatoms. The second-order valence-electron chi connectivity index (χ2n) is 5.93. The van der Waals surface area contributed by atoms with E-state index in [-0.39, 0.29) is 19.0 Å². The lowest BCUT2D eigenvalue weighted by atomic mass is 9.70. The van der Waals surface area contributed by atoms with Crippen molar-refractivity contribution in [2.24, 2.45) is 17.1 Å². The molecule has 0 radical (unpaired) electrons. The summed E-state index contributed by atoms with van der Waals surface area (Å²) in [6.07, 6.45) is 3.32. The summed E-state index contributed by atoms with van der Waals surface area (Å²) in [5, 5.41) is 20.9. The third-order valence-corrected chi connectivity index (χ3v) is 4.16. The zero-order valence-corrected chi connectivity index (χ0v) is 11.6. The van der Waals surface area contributed by atoms with Gasteiger partial charge in [0, 0.05) is 6.54 Å². The van der Waals surface area contributed by atoms with Gasteiger partial charge in [0.15, 0.2) is 5.60 Å². The SMILES string of the molecule is CC1CCC(CN)(C(=O)NCC(C)(O)C(=O)O)CC1. The fourth-order valence-electron chi connectivity index (χ4n) is 2.35. The van der Waals surface area contributed by atoms with E-state index in [1.165, 1.54) is 0 Å². The minimum atomic E-state index is -1.95. The summed E-state index contributed by atoms with van der Waals surface area (Å²) in [5.41, 5.74) is 3.18. The lowest BCUT2D eigenvalue weighted by Crippen LogP contribution is -2.53. The molecule has 0 spiro atoms. The summed E-state index contributed by atoms with van der Waals surface area (Å²) in [5.74, 6) is -1.01. The number of aliphatic carboxylic acids is 1. The maximum atomic E-state index is 12.2. The topological polar surface area (TPSA) is 113 Å². The van der Waals surface area contributed by atoms with Crippen LogP contribution in [0.25, 0.3) is 0 Å². The Hall–Kier alpha value is -1.14. The predicted molar refractivity (Wildman–Crippen MR) is 70.4 cm³/mol. The lowest BCUT2D eigenvalue weighted by Gasteiger charge is -2.37. The number of nitrogens with one attached hydrogen (secondary N) is 1. The Kier molecular flexibility index (Phi) is 4.92. The number of carbonyl (C=O) groups excluding carboxylic acids is 1. The van der Waals surface area contributed by atoms with E-state index in [4.69, 9.17) is 10.8 Å². The number of hydrogen-bond donors (Lipinski definition) is 4. The molecule has 5 N–H and O–H groups in total. The van der Waals surface area contributed by atoms with Crippen molar-refractivity contribution < 1.29 is 19.8 Å². The van der Waals surface area contributed by atoms with Crippen LogP contribution in [0.3, 0.4) is 0 Å². The van der Waals surface area contributed by atoms with Gasteiger partial charge in [0.1, 0.15) is 0 Å². The molecule has 1 aliphatic rings. The van der Waals surface area contributed by atoms with Gasteiger partial charge >= 0.3 is 5.97 Å². The van der Waals surface area contributed by atoms with Crippen LogP contribution in [0, 0.1) is 11.3 Å². The molecule has 1 amide bonds. The second-order valence-corrected chi connectivity index (χ2v) is 5.93. The highest BCUT2D eigenvalue weighted by atomic mass is 16.4. The first-order valence-electron chi connectivity index (χ1n) is 6.68. The summed E-state index contributed by atoms with van der Waals surface area (Å²) in [6.45, 7) is 3.25. The number of amides is 1. The quantitative estimate of drug-likeness (QED) is 0.566. The first-order chi connectivity index (χ1) is 8.73. The molecule has 1 saturated carbocycles. The van der Waals surface area contributed by atoms with Crippen molar-refractivity contribution in [3.05, 3.63) is 0 Å². The second kappa shape index (κ2) is 5.88. The van der Waals surface area contributed by atoms with Crippen molar-refractivity contribution in [2.45, 2.75) is 45.1 Å². The van der Waals surface area contributed by atoms with Crippen molar-refractivity contribution >= 4 is 11.9 Å². The summed E-state index contributed by atoms with van der Waals surface area (Å²) in [6, 6.07) is 0. The predicted octanol–water partition coefficient (Wildman–Crippen LogP) is 0.0934. The van der Waals surface area contributed by atoms with Gasteiger partial charge in [-0.25, -0.2) is 4.79 Å². The smallest absolute Gasteiger partial charge is 0.337 e. The Bertz CT molecular complexity index is 347. The Balaban J connectivity index is 2.63. The number of nitrogens with two attached hydrogens (primary N) is 1. The highest BCUT2D eigenvalue weighted by Gasteiger charge is 2.41. The van der Waals surface area contributed by atoms with E-state index in [2.05, 4.69) is 12.2 Å². The first-order valence-corrected chi connectivity index (χ1v) is 6.68. The molecular formula is C13H24N2O4. The molecule has 19 heavy (non-hydrogen) atoms. The molecule has 0 aromatic heterocycles. The summed E-state index contributed by atoms with van der Waals surface area (Å²) in [4.78, 5) is 23.0. The molecule has 110 valence electrons. The fourth-order valence-corrected chi connectivity index (χ4v) is 2.35. The number of carboxylic acid groups (broad SMARTS) is 1. The number of rotatable bonds is 5. The molecule has 1 unspecified atom stereocenters. The number of carboxylic acids is 1. The standard InChI is InChI=1S/C13H24N2O4/c1-9-3-5-13(7-14,6-4-9)10(16)15-8-12(2,19)11(17)18/h9,19H,3-8,14H2,1-2H3,(H,15,16)(H,17,18). The largest absolute Gasteiger partial charge is 0.479 e. The summed E-state index contributed by atoms with van der Waals surface area (Å²) in [7, 11) is 0. The molecule has 1 aliphatic carbocycles. The third kappa shape index (κ3) is 3.67. The van der Waals surface area contributed by atoms with Crippen molar-refractivity contribution in [3.8, 4) is 0 Å². The molecule has 0 bridgehead atoms. The third-order valence-electron chi connectivity index (χ3n) is 4.16. The molecule has 0 aromatic rings. The van der Waals surface area contributed by atoms with Gasteiger partial charge in [-0.3, -0.25) is 4.79 Å². The van der Waals surface area contributed by atoms with Crippen LogP contribution in [-0.2, 0) is 9.59 Å². The molecule has 1 atom stereocenters. The maximum Gasteiger partial charge on any atom is 0.337 e. The molecule has 0 heterocycles. The summed E-state index contributed by atoms with van der Waals surface area (Å²) >= 11 is 0. The van der Waals surface area contributed by atoms with Crippen molar-refractivity contribution in [1.82, 2.24) is 5.32 Å². The van der Waals surface area contributed by atoms with Crippen LogP contribution in [0.15, 0.2) is 0 Å². The normalized spacial score (nSPS) is 30.4. The summed E-state index contributed by atoms with van der Waals surface area (Å²) < 4.78 is 0. The number of carbonyl (C=O) groups is 2. The van der Waals surface area contributed by atoms with Gasteiger partial charge in [0.2, 0.25) is 5.91 Å². The number of hydrogen-bond acceptors (Lipinski definition) is 4. The Morgan fingerprint density at radius 3 is 2.37 bits per heavy atom. The zero-order chi connectivity index (χ0) is 14.7. The minimum absolute atomic E-state index is 0.247. The zero-order valence-electron chi connectivity index (χ0n) is 11.6. The van der Waals surface area contributed by atoms with Crippen molar-refractivity contribution in [3.63, 3.8) is 0 Å². The van der Waals surface area contributed by atoms with Crippen LogP contribution < -0.4 is 11.1 Å². The average molecular weight is 272 g/mol. The van der Waals surface area contributed by atoms with E-state index >= 15 is 0 Å². The van der Waals surface area contributed by atoms with E-state index in [0.29, 0.717) is 18.8 Å². The molecule has 1 fully saturated rings. The van der Waals surface area contributed by atoms with Crippen molar-refractivity contribution in [1.29, 1.82) is 0 Å². The van der Waals surface area contributed by atoms with Crippen LogP contribution in [0.1, 0.15) is 39.5 Å². The molecule has 1 rings (SSSR count). The fraction of sp³-hybridized carbons (Fsp3) is 0.846. The van der Waals surface area contributed by atoms with Gasteiger partial charge in [0.05, 0.1) is 12.0 Å². The molecule has 0 aliphatic heterocycles. The lowest BCUT2D eigenvalue weighted by molar-refractivity contribution is -0.156. The van der Waals surface area contributed by atoms with Gasteiger partial charge < -0.3 is 21.3 Å². The van der Waals surface area contributed by atoms with E-state index in [1.54, 1.807) is 0 Å². The maximum absolute atomic E-state index is 12.2. The van der Waals surface area contributed by atoms with Crippen LogP contribution in [-0.4, -0.2) is 40.8 Å². The van der Waals surface area contributed by atoms with Crippen molar-refractivity contribution in [2.75, 3.05) is 13.1 Å². The Morgan fingerprint density at radius 2 is 1.95 bits per heavy atom. The van der Waals surface area contributed by atoms with E-state index < -0.39 is 17.0 Å². The molecule has 0 aromatic carbocycles. The van der Waals surface area contributed by atoms with E-state index in [1.807, 2.05) is 0 Å². The van der Waals surface area contributed by atoms with Crippen LogP contribution in [0.4, 0.5) is 0 Å². The molecular weight excluding hydrogens is 248 g/mol. The average Bonchev–Trinajstić information content (AvgIpc) is 2.37. The first kappa shape index (κ1) is 15.9. The molecule has 6 nitrogen and oxygen atoms in total. The van der Waals surface area contributed by atoms with E-state index in [0.717, 1.165) is 19.8 Å². The monoisotopic (exact) mass is 272 g/mol. The van der Waals surface area contributed by atoms with Crippen LogP contribution in [0.2, 0.25) is 0 Å². The van der Waals surface area contributed by atoms with Gasteiger partial charge in [-0.15, -0.1) is 0 Å². The Morgan fingerprint density at radius 1 is 1.42 bits per heavy atom. The highest BCUT2D eigenvalue weighted by molar-refractivity contribution is 5.84. The van der Waals surface area contributed by atoms with Gasteiger partial charge in [-0.05, 0) is 38.5 Å². The van der Waals surface area contributed by atoms with E-state index in [9.17, 15) is 14.7 Å². The van der Waals surface area contributed by atoms with Gasteiger partial charge in [0.25, 0.3) is 0 Å². The molecule has 0 saturated heterocycles. The van der Waals surface area contributed by atoms with Gasteiger partial charge in [-0.1, -0.05) is 6.92 Å². The minimum Gasteiger partial charge on any atom is -0.479 e. The van der Waals surface area contributed by atoms with Gasteiger partial charge in [-0.2, -0.15) is 0 Å². The van der Waals surface area contributed by atoms with Crippen LogP contribution >= 0.6 is 0 Å². The Labute approximate surface area is 113 Å². The van der Waals surface area contributed by atoms with Crippen LogP contribution in [0.5, 0.6) is 0 Å². The number of aliphatic hydroxyl groups is 1.